The number of amides is 4. The van der Waals surface area contributed by atoms with Crippen molar-refractivity contribution in [2.24, 2.45) is 0 Å². The van der Waals surface area contributed by atoms with Gasteiger partial charge in [-0.15, -0.1) is 0 Å². The summed E-state index contributed by atoms with van der Waals surface area (Å²) in [4.78, 5) is 55.0. The van der Waals surface area contributed by atoms with E-state index in [1.165, 1.54) is 21.9 Å². The second kappa shape index (κ2) is 10.9. The molecule has 4 aromatic carbocycles. The Hall–Kier alpha value is -5.20. The molecule has 0 fully saturated rings. The van der Waals surface area contributed by atoms with Gasteiger partial charge in [-0.1, -0.05) is 24.3 Å². The van der Waals surface area contributed by atoms with E-state index < -0.39 is 11.8 Å². The molecule has 4 aromatic rings. The van der Waals surface area contributed by atoms with Gasteiger partial charge in [-0.2, -0.15) is 0 Å². The number of imide groups is 2. The second-order valence-electron chi connectivity index (χ2n) is 10.7. The molecule has 0 aliphatic carbocycles. The van der Waals surface area contributed by atoms with Crippen LogP contribution in [-0.2, 0) is 0 Å². The number of anilines is 4. The van der Waals surface area contributed by atoms with E-state index >= 15 is 0 Å². The summed E-state index contributed by atoms with van der Waals surface area (Å²) in [6.07, 6.45) is 0.750. The monoisotopic (exact) mass is 580 g/mol. The Labute approximate surface area is 246 Å². The molecule has 4 amide bonds. The van der Waals surface area contributed by atoms with Crippen molar-refractivity contribution in [3.63, 3.8) is 0 Å². The molecular formula is C31H32N8O4. The number of rotatable bonds is 10. The van der Waals surface area contributed by atoms with E-state index in [0.29, 0.717) is 92.7 Å². The first kappa shape index (κ1) is 27.9. The third-order valence-corrected chi connectivity index (χ3v) is 8.10. The van der Waals surface area contributed by atoms with Crippen LogP contribution >= 0.6 is 0 Å². The Kier molecular flexibility index (Phi) is 7.08. The quantitative estimate of drug-likeness (QED) is 0.0911. The molecule has 0 saturated carbocycles. The minimum Gasteiger partial charge on any atom is -0.397 e. The van der Waals surface area contributed by atoms with Gasteiger partial charge in [0.1, 0.15) is 0 Å². The normalized spacial score (nSPS) is 14.4. The van der Waals surface area contributed by atoms with Crippen LogP contribution in [0.3, 0.4) is 0 Å². The lowest BCUT2D eigenvalue weighted by Gasteiger charge is -2.28. The van der Waals surface area contributed by atoms with Crippen molar-refractivity contribution >= 4 is 67.9 Å². The highest BCUT2D eigenvalue weighted by atomic mass is 16.2. The van der Waals surface area contributed by atoms with Gasteiger partial charge < -0.3 is 33.6 Å². The molecule has 220 valence electrons. The van der Waals surface area contributed by atoms with E-state index in [9.17, 15) is 19.2 Å². The summed E-state index contributed by atoms with van der Waals surface area (Å²) in [7, 11) is 0. The van der Waals surface area contributed by atoms with Gasteiger partial charge in [0.05, 0.1) is 33.9 Å². The lowest BCUT2D eigenvalue weighted by molar-refractivity contribution is 0.0597. The minimum atomic E-state index is -0.393. The number of nitrogens with zero attached hydrogens (tertiary/aromatic N) is 2. The van der Waals surface area contributed by atoms with Crippen molar-refractivity contribution in [3.8, 4) is 0 Å². The third-order valence-electron chi connectivity index (χ3n) is 8.10. The van der Waals surface area contributed by atoms with Gasteiger partial charge in [-0.3, -0.25) is 29.0 Å². The van der Waals surface area contributed by atoms with Crippen molar-refractivity contribution < 1.29 is 19.2 Å². The van der Waals surface area contributed by atoms with Crippen molar-refractivity contribution in [2.75, 3.05) is 62.2 Å². The van der Waals surface area contributed by atoms with E-state index in [1.807, 2.05) is 0 Å². The smallest absolute Gasteiger partial charge is 0.261 e. The maximum atomic E-state index is 13.2. The molecule has 10 N–H and O–H groups in total. The Bertz CT molecular complexity index is 1720. The molecule has 12 nitrogen and oxygen atoms in total. The highest BCUT2D eigenvalue weighted by Gasteiger charge is 2.34. The topological polar surface area (TPSA) is 203 Å². The molecule has 6 rings (SSSR count). The molecule has 0 aromatic heterocycles. The van der Waals surface area contributed by atoms with Crippen LogP contribution < -0.4 is 33.6 Å². The summed E-state index contributed by atoms with van der Waals surface area (Å²) in [5.41, 5.74) is 27.2. The van der Waals surface area contributed by atoms with E-state index in [2.05, 4.69) is 10.6 Å². The summed E-state index contributed by atoms with van der Waals surface area (Å²) in [6.45, 7) is 2.52. The number of hydrogen-bond donors (Lipinski definition) is 6. The molecule has 2 aliphatic heterocycles. The fourth-order valence-corrected chi connectivity index (χ4v) is 5.89. The van der Waals surface area contributed by atoms with Gasteiger partial charge in [0.2, 0.25) is 0 Å². The minimum absolute atomic E-state index is 0.203. The Balaban J connectivity index is 0.967. The molecule has 43 heavy (non-hydrogen) atoms. The number of hydrogen-bond acceptors (Lipinski definition) is 10. The van der Waals surface area contributed by atoms with Gasteiger partial charge in [0.25, 0.3) is 23.6 Å². The highest BCUT2D eigenvalue weighted by Crippen LogP contribution is 2.37. The molecule has 0 bridgehead atoms. The predicted octanol–water partition coefficient (Wildman–Crippen LogP) is 1.78. The van der Waals surface area contributed by atoms with Crippen LogP contribution in [0.2, 0.25) is 0 Å². The van der Waals surface area contributed by atoms with E-state index in [4.69, 9.17) is 22.9 Å². The standard InChI is InChI=1S/C31H32N8O4/c32-22-14-20-24-16(26(22)34)4-1-6-18(24)28(40)38(30(20)42)12-10-36-8-3-9-37-11-13-39-29(41)19-7-2-5-17-25(19)21(31(39)43)15-23(33)27(17)35/h1-2,4-7,14-15,36-37H,3,8-13,32-35H2. The molecule has 0 unspecified atom stereocenters. The average molecular weight is 581 g/mol. The number of nitrogens with two attached hydrogens (primary N) is 4. The molecule has 0 radical (unpaired) electrons. The van der Waals surface area contributed by atoms with Gasteiger partial charge in [-0.05, 0) is 43.8 Å². The summed E-state index contributed by atoms with van der Waals surface area (Å²) < 4.78 is 0. The van der Waals surface area contributed by atoms with Crippen LogP contribution in [0, 0.1) is 0 Å². The van der Waals surface area contributed by atoms with Crippen molar-refractivity contribution in [2.45, 2.75) is 6.42 Å². The number of benzene rings is 4. The zero-order valence-corrected chi connectivity index (χ0v) is 23.4. The first-order chi connectivity index (χ1) is 20.7. The molecule has 0 spiro atoms. The van der Waals surface area contributed by atoms with Crippen LogP contribution in [0.4, 0.5) is 22.7 Å². The summed E-state index contributed by atoms with van der Waals surface area (Å²) in [5.74, 6) is -1.50. The van der Waals surface area contributed by atoms with E-state index in [0.717, 1.165) is 6.42 Å². The van der Waals surface area contributed by atoms with E-state index in [-0.39, 0.29) is 24.9 Å². The molecule has 12 heteroatoms. The maximum absolute atomic E-state index is 13.2. The van der Waals surface area contributed by atoms with Crippen molar-refractivity contribution in [1.29, 1.82) is 0 Å². The van der Waals surface area contributed by atoms with Crippen molar-refractivity contribution in [1.82, 2.24) is 20.4 Å². The third kappa shape index (κ3) is 4.57. The molecular weight excluding hydrogens is 548 g/mol. The first-order valence-electron chi connectivity index (χ1n) is 14.1. The number of nitrogen functional groups attached to an aromatic ring is 4. The van der Waals surface area contributed by atoms with Gasteiger partial charge >= 0.3 is 0 Å². The Morgan fingerprint density at radius 3 is 1.35 bits per heavy atom. The number of nitrogens with one attached hydrogen (secondary N) is 2. The summed E-state index contributed by atoms with van der Waals surface area (Å²) >= 11 is 0. The molecule has 0 saturated heterocycles. The maximum Gasteiger partial charge on any atom is 0.261 e. The lowest BCUT2D eigenvalue weighted by Crippen LogP contribution is -2.44. The summed E-state index contributed by atoms with van der Waals surface area (Å²) in [6, 6.07) is 13.4. The zero-order chi connectivity index (χ0) is 30.4. The number of carbonyl (C=O) groups is 4. The summed E-state index contributed by atoms with van der Waals surface area (Å²) in [5, 5.41) is 8.81. The van der Waals surface area contributed by atoms with Crippen molar-refractivity contribution in [3.05, 3.63) is 70.8 Å². The zero-order valence-electron chi connectivity index (χ0n) is 23.4. The van der Waals surface area contributed by atoms with Crippen LogP contribution in [0.15, 0.2) is 48.5 Å². The van der Waals surface area contributed by atoms with Gasteiger partial charge in [-0.25, -0.2) is 0 Å². The SMILES string of the molecule is Nc1cc2c3c(cccc3c1N)C(=O)N(CCNCCCNCCN1C(=O)c3cccc4c(N)c(N)cc(c34)C1=O)C2=O. The van der Waals surface area contributed by atoms with Crippen LogP contribution in [0.5, 0.6) is 0 Å². The fourth-order valence-electron chi connectivity index (χ4n) is 5.89. The second-order valence-corrected chi connectivity index (χ2v) is 10.7. The Morgan fingerprint density at radius 1 is 0.535 bits per heavy atom. The Morgan fingerprint density at radius 2 is 0.930 bits per heavy atom. The molecule has 2 aliphatic rings. The van der Waals surface area contributed by atoms with Crippen LogP contribution in [-0.4, -0.2) is 72.7 Å². The average Bonchev–Trinajstić information content (AvgIpc) is 3.00. The van der Waals surface area contributed by atoms with Gasteiger partial charge in [0.15, 0.2) is 0 Å². The van der Waals surface area contributed by atoms with Crippen LogP contribution in [0.25, 0.3) is 21.5 Å². The molecule has 2 heterocycles. The van der Waals surface area contributed by atoms with E-state index in [1.54, 1.807) is 36.4 Å². The number of carbonyl (C=O) groups excluding carboxylic acids is 4. The predicted molar refractivity (Wildman–Crippen MR) is 167 cm³/mol. The first-order valence-corrected chi connectivity index (χ1v) is 14.1. The highest BCUT2D eigenvalue weighted by molar-refractivity contribution is 6.28. The molecule has 0 atom stereocenters. The van der Waals surface area contributed by atoms with Gasteiger partial charge in [0, 0.05) is 58.9 Å². The largest absolute Gasteiger partial charge is 0.397 e. The lowest BCUT2D eigenvalue weighted by atomic mass is 9.92. The van der Waals surface area contributed by atoms with Crippen LogP contribution in [0.1, 0.15) is 47.9 Å². The fraction of sp³-hybridized carbons (Fsp3) is 0.226.